The molecule has 0 saturated heterocycles. The Hall–Kier alpha value is -1.88. The van der Waals surface area contributed by atoms with E-state index >= 15 is 0 Å². The Morgan fingerprint density at radius 2 is 2.26 bits per heavy atom. The first-order valence-electron chi connectivity index (χ1n) is 6.36. The molecule has 6 heteroatoms. The van der Waals surface area contributed by atoms with Gasteiger partial charge in [-0.3, -0.25) is 0 Å². The summed E-state index contributed by atoms with van der Waals surface area (Å²) in [6, 6.07) is 5.98. The fourth-order valence-electron chi connectivity index (χ4n) is 3.01. The van der Waals surface area contributed by atoms with E-state index in [1.54, 1.807) is 0 Å². The molecule has 5 nitrogen and oxygen atoms in total. The number of tetrazole rings is 1. The van der Waals surface area contributed by atoms with Crippen LogP contribution in [0.3, 0.4) is 0 Å². The van der Waals surface area contributed by atoms with E-state index in [0.717, 1.165) is 35.6 Å². The molecule has 1 aromatic carbocycles. The maximum absolute atomic E-state index is 6.10. The summed E-state index contributed by atoms with van der Waals surface area (Å²) >= 11 is 6.10. The fraction of sp³-hybridized carbons (Fsp3) is 0.308. The zero-order valence-corrected chi connectivity index (χ0v) is 10.9. The molecular weight excluding hydrogens is 262 g/mol. The minimum atomic E-state index is 0.202. The molecule has 0 spiro atoms. The highest BCUT2D eigenvalue weighted by atomic mass is 35.5. The summed E-state index contributed by atoms with van der Waals surface area (Å²) in [5.41, 5.74) is 3.69. The van der Waals surface area contributed by atoms with E-state index in [0.29, 0.717) is 0 Å². The normalized spacial score (nSPS) is 18.7. The van der Waals surface area contributed by atoms with Gasteiger partial charge < -0.3 is 4.98 Å². The number of benzene rings is 1. The number of hydrogen-bond donors (Lipinski definition) is 2. The standard InChI is InChI=1S/C13H12ClN5/c14-7-4-5-11-10(6-7)8-2-1-3-9(12(8)15-11)13-16-18-19-17-13/h4-6,9,15H,1-3H2,(H,16,17,18,19)/t9-/m1/s1. The first kappa shape index (κ1) is 11.0. The number of halogens is 1. The van der Waals surface area contributed by atoms with Crippen molar-refractivity contribution in [3.05, 3.63) is 40.3 Å². The maximum atomic E-state index is 6.10. The highest BCUT2D eigenvalue weighted by Crippen LogP contribution is 2.38. The Kier molecular flexibility index (Phi) is 2.35. The van der Waals surface area contributed by atoms with Crippen molar-refractivity contribution in [2.24, 2.45) is 0 Å². The van der Waals surface area contributed by atoms with Crippen molar-refractivity contribution >= 4 is 22.5 Å². The van der Waals surface area contributed by atoms with Crippen LogP contribution in [0.2, 0.25) is 5.02 Å². The van der Waals surface area contributed by atoms with Crippen molar-refractivity contribution in [2.75, 3.05) is 0 Å². The number of nitrogens with one attached hydrogen (secondary N) is 2. The molecule has 2 heterocycles. The van der Waals surface area contributed by atoms with E-state index in [9.17, 15) is 0 Å². The number of rotatable bonds is 1. The van der Waals surface area contributed by atoms with E-state index in [1.807, 2.05) is 18.2 Å². The molecular formula is C13H12ClN5. The van der Waals surface area contributed by atoms with Gasteiger partial charge in [-0.1, -0.05) is 16.8 Å². The van der Waals surface area contributed by atoms with Gasteiger partial charge in [-0.15, -0.1) is 10.2 Å². The van der Waals surface area contributed by atoms with Crippen LogP contribution in [0, 0.1) is 0 Å². The lowest BCUT2D eigenvalue weighted by Crippen LogP contribution is -2.12. The Labute approximate surface area is 114 Å². The third-order valence-electron chi connectivity index (χ3n) is 3.84. The molecule has 3 aromatic rings. The van der Waals surface area contributed by atoms with Crippen LogP contribution in [-0.2, 0) is 6.42 Å². The van der Waals surface area contributed by atoms with Gasteiger partial charge in [0.25, 0.3) is 0 Å². The molecule has 1 aliphatic carbocycles. The van der Waals surface area contributed by atoms with Gasteiger partial charge in [-0.2, -0.15) is 5.21 Å². The quantitative estimate of drug-likeness (QED) is 0.716. The highest BCUT2D eigenvalue weighted by molar-refractivity contribution is 6.31. The van der Waals surface area contributed by atoms with Crippen LogP contribution in [0.5, 0.6) is 0 Å². The summed E-state index contributed by atoms with van der Waals surface area (Å²) in [5.74, 6) is 0.965. The summed E-state index contributed by atoms with van der Waals surface area (Å²) in [4.78, 5) is 3.50. The number of hydrogen-bond acceptors (Lipinski definition) is 3. The molecule has 4 rings (SSSR count). The molecule has 0 aliphatic heterocycles. The zero-order valence-electron chi connectivity index (χ0n) is 10.2. The van der Waals surface area contributed by atoms with Gasteiger partial charge in [0.15, 0.2) is 5.82 Å². The number of fused-ring (bicyclic) bond motifs is 3. The fourth-order valence-corrected chi connectivity index (χ4v) is 3.18. The van der Waals surface area contributed by atoms with E-state index < -0.39 is 0 Å². The van der Waals surface area contributed by atoms with Gasteiger partial charge in [0.1, 0.15) is 0 Å². The summed E-state index contributed by atoms with van der Waals surface area (Å²) in [6.45, 7) is 0. The van der Waals surface area contributed by atoms with Crippen LogP contribution in [0.4, 0.5) is 0 Å². The van der Waals surface area contributed by atoms with Crippen molar-refractivity contribution < 1.29 is 0 Å². The topological polar surface area (TPSA) is 70.2 Å². The van der Waals surface area contributed by atoms with Crippen molar-refractivity contribution in [1.29, 1.82) is 0 Å². The van der Waals surface area contributed by atoms with Crippen molar-refractivity contribution in [3.63, 3.8) is 0 Å². The Bertz CT molecular complexity index is 731. The predicted molar refractivity (Wildman–Crippen MR) is 72.3 cm³/mol. The Morgan fingerprint density at radius 1 is 1.32 bits per heavy atom. The molecule has 1 aliphatic rings. The Balaban J connectivity index is 1.94. The van der Waals surface area contributed by atoms with Crippen molar-refractivity contribution in [3.8, 4) is 0 Å². The van der Waals surface area contributed by atoms with Gasteiger partial charge in [0.2, 0.25) is 0 Å². The van der Waals surface area contributed by atoms with Gasteiger partial charge in [-0.25, -0.2) is 0 Å². The van der Waals surface area contributed by atoms with Crippen LogP contribution in [0.1, 0.15) is 35.8 Å². The summed E-state index contributed by atoms with van der Waals surface area (Å²) in [6.07, 6.45) is 3.25. The monoisotopic (exact) mass is 273 g/mol. The highest BCUT2D eigenvalue weighted by Gasteiger charge is 2.28. The molecule has 0 fully saturated rings. The van der Waals surface area contributed by atoms with E-state index in [1.165, 1.54) is 16.6 Å². The third-order valence-corrected chi connectivity index (χ3v) is 4.08. The smallest absolute Gasteiger partial charge is 0.183 e. The second-order valence-corrected chi connectivity index (χ2v) is 5.36. The number of aromatic amines is 2. The molecule has 0 bridgehead atoms. The lowest BCUT2D eigenvalue weighted by molar-refractivity contribution is 0.583. The average molecular weight is 274 g/mol. The van der Waals surface area contributed by atoms with Crippen molar-refractivity contribution in [1.82, 2.24) is 25.6 Å². The molecule has 0 saturated carbocycles. The minimum absolute atomic E-state index is 0.202. The lowest BCUT2D eigenvalue weighted by atomic mass is 9.86. The maximum Gasteiger partial charge on any atom is 0.183 e. The van der Waals surface area contributed by atoms with Crippen molar-refractivity contribution in [2.45, 2.75) is 25.2 Å². The minimum Gasteiger partial charge on any atom is -0.358 e. The van der Waals surface area contributed by atoms with E-state index in [-0.39, 0.29) is 5.92 Å². The van der Waals surface area contributed by atoms with Gasteiger partial charge in [0, 0.05) is 21.6 Å². The van der Waals surface area contributed by atoms with Crippen LogP contribution in [-0.4, -0.2) is 25.6 Å². The molecule has 2 N–H and O–H groups in total. The molecule has 0 unspecified atom stereocenters. The number of aromatic nitrogens is 5. The summed E-state index contributed by atoms with van der Waals surface area (Å²) in [7, 11) is 0. The largest absolute Gasteiger partial charge is 0.358 e. The lowest BCUT2D eigenvalue weighted by Gasteiger charge is -2.19. The number of nitrogens with zero attached hydrogens (tertiary/aromatic N) is 3. The zero-order chi connectivity index (χ0) is 12.8. The van der Waals surface area contributed by atoms with Crippen LogP contribution < -0.4 is 0 Å². The van der Waals surface area contributed by atoms with Gasteiger partial charge >= 0.3 is 0 Å². The molecule has 1 atom stereocenters. The molecule has 0 amide bonds. The first-order valence-corrected chi connectivity index (χ1v) is 6.74. The van der Waals surface area contributed by atoms with Gasteiger partial charge in [0.05, 0.1) is 5.92 Å². The number of H-pyrrole nitrogens is 2. The van der Waals surface area contributed by atoms with E-state index in [2.05, 4.69) is 25.6 Å². The molecule has 2 aromatic heterocycles. The average Bonchev–Trinajstić information content (AvgIpc) is 3.05. The first-order chi connectivity index (χ1) is 9.33. The predicted octanol–water partition coefficient (Wildman–Crippen LogP) is 2.80. The molecule has 19 heavy (non-hydrogen) atoms. The third kappa shape index (κ3) is 1.65. The molecule has 96 valence electrons. The van der Waals surface area contributed by atoms with Crippen LogP contribution >= 0.6 is 11.6 Å². The van der Waals surface area contributed by atoms with Crippen LogP contribution in [0.25, 0.3) is 10.9 Å². The second-order valence-electron chi connectivity index (χ2n) is 4.92. The van der Waals surface area contributed by atoms with E-state index in [4.69, 9.17) is 11.6 Å². The number of aryl methyl sites for hydroxylation is 1. The molecule has 0 radical (unpaired) electrons. The second kappa shape index (κ2) is 4.06. The summed E-state index contributed by atoms with van der Waals surface area (Å²) < 4.78 is 0. The Morgan fingerprint density at radius 3 is 3.11 bits per heavy atom. The van der Waals surface area contributed by atoms with Gasteiger partial charge in [-0.05, 0) is 43.0 Å². The summed E-state index contributed by atoms with van der Waals surface area (Å²) in [5, 5.41) is 16.5. The SMILES string of the molecule is Clc1ccc2[nH]c3c(c2c1)CCC[C@H]3c1nn[nH]n1. The van der Waals surface area contributed by atoms with Crippen LogP contribution in [0.15, 0.2) is 18.2 Å².